The fraction of sp³-hybridized carbons (Fsp3) is 0.571. The summed E-state index contributed by atoms with van der Waals surface area (Å²) in [7, 11) is 3.35. The van der Waals surface area contributed by atoms with Crippen molar-refractivity contribution in [1.82, 2.24) is 5.32 Å². The molecule has 106 valence electrons. The minimum atomic E-state index is 0.257. The van der Waals surface area contributed by atoms with Crippen molar-refractivity contribution in [3.05, 3.63) is 17.7 Å². The number of hydrogen-bond acceptors (Lipinski definition) is 5. The lowest BCUT2D eigenvalue weighted by molar-refractivity contribution is 0.171. The summed E-state index contributed by atoms with van der Waals surface area (Å²) in [6, 6.07) is 4.36. The molecule has 0 radical (unpaired) electrons. The van der Waals surface area contributed by atoms with Crippen LogP contribution in [0, 0.1) is 0 Å². The average Bonchev–Trinajstić information content (AvgIpc) is 2.90. The predicted molar refractivity (Wildman–Crippen MR) is 71.9 cm³/mol. The minimum absolute atomic E-state index is 0.257. The Morgan fingerprint density at radius 2 is 2.16 bits per heavy atom. The maximum Gasteiger partial charge on any atom is 0.231 e. The summed E-state index contributed by atoms with van der Waals surface area (Å²) in [5, 5.41) is 3.44. The number of ether oxygens (including phenoxy) is 4. The fourth-order valence-corrected chi connectivity index (χ4v) is 1.97. The lowest BCUT2D eigenvalue weighted by Gasteiger charge is -2.14. The third kappa shape index (κ3) is 3.52. The van der Waals surface area contributed by atoms with Crippen molar-refractivity contribution in [2.24, 2.45) is 0 Å². The Morgan fingerprint density at radius 3 is 2.89 bits per heavy atom. The summed E-state index contributed by atoms with van der Waals surface area (Å²) >= 11 is 0. The van der Waals surface area contributed by atoms with Crippen LogP contribution in [0.25, 0.3) is 0 Å². The SMILES string of the molecule is COCCC(C)NCc1cc(OC)c2c(c1)OCO2. The van der Waals surface area contributed by atoms with Crippen molar-refractivity contribution in [2.45, 2.75) is 25.9 Å². The molecule has 0 aromatic heterocycles. The van der Waals surface area contributed by atoms with E-state index in [1.54, 1.807) is 14.2 Å². The molecule has 5 heteroatoms. The highest BCUT2D eigenvalue weighted by molar-refractivity contribution is 5.55. The van der Waals surface area contributed by atoms with Gasteiger partial charge in [-0.15, -0.1) is 0 Å². The molecule has 1 unspecified atom stereocenters. The highest BCUT2D eigenvalue weighted by Gasteiger charge is 2.20. The minimum Gasteiger partial charge on any atom is -0.493 e. The van der Waals surface area contributed by atoms with E-state index in [0.29, 0.717) is 11.8 Å². The summed E-state index contributed by atoms with van der Waals surface area (Å²) in [6.07, 6.45) is 0.984. The first-order valence-corrected chi connectivity index (χ1v) is 6.43. The van der Waals surface area contributed by atoms with Gasteiger partial charge in [0.15, 0.2) is 11.5 Å². The van der Waals surface area contributed by atoms with Crippen LogP contribution in [0.2, 0.25) is 0 Å². The number of fused-ring (bicyclic) bond motifs is 1. The van der Waals surface area contributed by atoms with Gasteiger partial charge < -0.3 is 24.3 Å². The summed E-state index contributed by atoms with van der Waals surface area (Å²) in [4.78, 5) is 0. The molecule has 1 aliphatic heterocycles. The molecule has 19 heavy (non-hydrogen) atoms. The van der Waals surface area contributed by atoms with Gasteiger partial charge in [-0.1, -0.05) is 0 Å². The number of methoxy groups -OCH3 is 2. The highest BCUT2D eigenvalue weighted by atomic mass is 16.7. The van der Waals surface area contributed by atoms with Crippen molar-refractivity contribution >= 4 is 0 Å². The summed E-state index contributed by atoms with van der Waals surface area (Å²) in [5.74, 6) is 2.16. The van der Waals surface area contributed by atoms with E-state index < -0.39 is 0 Å². The van der Waals surface area contributed by atoms with Crippen molar-refractivity contribution < 1.29 is 18.9 Å². The summed E-state index contributed by atoms with van der Waals surface area (Å²) in [6.45, 7) is 3.92. The first-order chi connectivity index (χ1) is 9.24. The zero-order chi connectivity index (χ0) is 13.7. The Labute approximate surface area is 113 Å². The van der Waals surface area contributed by atoms with Crippen LogP contribution in [-0.2, 0) is 11.3 Å². The smallest absolute Gasteiger partial charge is 0.231 e. The van der Waals surface area contributed by atoms with Gasteiger partial charge in [0.05, 0.1) is 7.11 Å². The third-order valence-electron chi connectivity index (χ3n) is 3.13. The molecule has 0 saturated heterocycles. The molecule has 0 bridgehead atoms. The number of hydrogen-bond donors (Lipinski definition) is 1. The van der Waals surface area contributed by atoms with Crippen LogP contribution in [0.4, 0.5) is 0 Å². The van der Waals surface area contributed by atoms with Gasteiger partial charge in [0.25, 0.3) is 0 Å². The zero-order valence-electron chi connectivity index (χ0n) is 11.7. The normalized spacial score (nSPS) is 14.5. The summed E-state index contributed by atoms with van der Waals surface area (Å²) in [5.41, 5.74) is 1.12. The third-order valence-corrected chi connectivity index (χ3v) is 3.13. The van der Waals surface area contributed by atoms with Crippen LogP contribution in [-0.4, -0.2) is 33.7 Å². The van der Waals surface area contributed by atoms with E-state index >= 15 is 0 Å². The molecule has 0 spiro atoms. The molecule has 2 rings (SSSR count). The van der Waals surface area contributed by atoms with E-state index in [2.05, 4.69) is 12.2 Å². The van der Waals surface area contributed by atoms with Crippen LogP contribution in [0.5, 0.6) is 17.2 Å². The van der Waals surface area contributed by atoms with E-state index in [1.165, 1.54) is 0 Å². The van der Waals surface area contributed by atoms with Crippen molar-refractivity contribution in [3.63, 3.8) is 0 Å². The maximum atomic E-state index is 5.40. The fourth-order valence-electron chi connectivity index (χ4n) is 1.97. The second kappa shape index (κ2) is 6.63. The first-order valence-electron chi connectivity index (χ1n) is 6.43. The molecule has 1 N–H and O–H groups in total. The van der Waals surface area contributed by atoms with Crippen LogP contribution in [0.3, 0.4) is 0 Å². The van der Waals surface area contributed by atoms with Crippen LogP contribution >= 0.6 is 0 Å². The molecule has 1 aromatic rings. The van der Waals surface area contributed by atoms with Gasteiger partial charge in [0, 0.05) is 26.3 Å². The molecule has 1 heterocycles. The van der Waals surface area contributed by atoms with E-state index in [9.17, 15) is 0 Å². The highest BCUT2D eigenvalue weighted by Crippen LogP contribution is 2.41. The molecule has 0 fully saturated rings. The van der Waals surface area contributed by atoms with E-state index in [1.807, 2.05) is 12.1 Å². The second-order valence-electron chi connectivity index (χ2n) is 4.60. The topological polar surface area (TPSA) is 49.0 Å². The van der Waals surface area contributed by atoms with Crippen LogP contribution in [0.1, 0.15) is 18.9 Å². The van der Waals surface area contributed by atoms with Gasteiger partial charge in [-0.3, -0.25) is 0 Å². The van der Waals surface area contributed by atoms with Gasteiger partial charge in [0.1, 0.15) is 0 Å². The number of nitrogens with one attached hydrogen (secondary N) is 1. The number of rotatable bonds is 7. The molecule has 1 aliphatic rings. The van der Waals surface area contributed by atoms with Gasteiger partial charge >= 0.3 is 0 Å². The van der Waals surface area contributed by atoms with Gasteiger partial charge in [0.2, 0.25) is 12.5 Å². The maximum absolute atomic E-state index is 5.40. The number of benzene rings is 1. The molecule has 0 amide bonds. The first kappa shape index (κ1) is 14.0. The molecular weight excluding hydrogens is 246 g/mol. The van der Waals surface area contributed by atoms with Crippen LogP contribution < -0.4 is 19.5 Å². The van der Waals surface area contributed by atoms with E-state index in [4.69, 9.17) is 18.9 Å². The molecule has 1 atom stereocenters. The second-order valence-corrected chi connectivity index (χ2v) is 4.60. The lowest BCUT2D eigenvalue weighted by atomic mass is 10.1. The molecule has 5 nitrogen and oxygen atoms in total. The van der Waals surface area contributed by atoms with Gasteiger partial charge in [-0.25, -0.2) is 0 Å². The Kier molecular flexibility index (Phi) is 4.87. The largest absolute Gasteiger partial charge is 0.493 e. The lowest BCUT2D eigenvalue weighted by Crippen LogP contribution is -2.26. The van der Waals surface area contributed by atoms with Gasteiger partial charge in [-0.2, -0.15) is 0 Å². The molecule has 1 aromatic carbocycles. The summed E-state index contributed by atoms with van der Waals surface area (Å²) < 4.78 is 21.2. The Balaban J connectivity index is 1.97. The zero-order valence-corrected chi connectivity index (χ0v) is 11.7. The van der Waals surface area contributed by atoms with E-state index in [-0.39, 0.29) is 6.79 Å². The van der Waals surface area contributed by atoms with Crippen molar-refractivity contribution in [1.29, 1.82) is 0 Å². The van der Waals surface area contributed by atoms with E-state index in [0.717, 1.165) is 36.6 Å². The molecule has 0 saturated carbocycles. The monoisotopic (exact) mass is 267 g/mol. The van der Waals surface area contributed by atoms with Crippen molar-refractivity contribution in [3.8, 4) is 17.2 Å². The molecular formula is C14H21NO4. The van der Waals surface area contributed by atoms with Crippen LogP contribution in [0.15, 0.2) is 12.1 Å². The Morgan fingerprint density at radius 1 is 1.32 bits per heavy atom. The Hall–Kier alpha value is -1.46. The average molecular weight is 267 g/mol. The van der Waals surface area contributed by atoms with Crippen molar-refractivity contribution in [2.75, 3.05) is 27.6 Å². The Bertz CT molecular complexity index is 422. The predicted octanol–water partition coefficient (Wildman–Crippen LogP) is 1.94. The standard InChI is InChI=1S/C14H21NO4/c1-10(4-5-16-2)15-8-11-6-12(17-3)14-13(7-11)18-9-19-14/h6-7,10,15H,4-5,8-9H2,1-3H3. The van der Waals surface area contributed by atoms with Gasteiger partial charge in [-0.05, 0) is 31.0 Å². The quantitative estimate of drug-likeness (QED) is 0.818. The molecule has 0 aliphatic carbocycles.